The maximum atomic E-state index is 4.34. The summed E-state index contributed by atoms with van der Waals surface area (Å²) in [5, 5.41) is 3.30. The summed E-state index contributed by atoms with van der Waals surface area (Å²) in [5.74, 6) is 0. The number of nitrogens with zero attached hydrogens (tertiary/aromatic N) is 2. The fourth-order valence-corrected chi connectivity index (χ4v) is 1.54. The topological polar surface area (TPSA) is 28.2 Å². The number of pyridine rings is 1. The van der Waals surface area contributed by atoms with Crippen LogP contribution in [0.1, 0.15) is 12.6 Å². The molecule has 0 aliphatic heterocycles. The lowest BCUT2D eigenvalue weighted by Crippen LogP contribution is -2.28. The molecule has 0 aliphatic carbocycles. The van der Waals surface area contributed by atoms with Crippen molar-refractivity contribution in [1.29, 1.82) is 0 Å². The molecule has 0 aliphatic rings. The molecule has 1 aromatic rings. The van der Waals surface area contributed by atoms with Gasteiger partial charge in [-0.05, 0) is 41.7 Å². The van der Waals surface area contributed by atoms with Gasteiger partial charge < -0.3 is 5.32 Å². The van der Waals surface area contributed by atoms with Gasteiger partial charge in [-0.2, -0.15) is 0 Å². The van der Waals surface area contributed by atoms with Crippen molar-refractivity contribution in [3.63, 3.8) is 0 Å². The van der Waals surface area contributed by atoms with Crippen molar-refractivity contribution in [3.05, 3.63) is 28.5 Å². The normalized spacial score (nSPS) is 10.9. The molecule has 0 unspecified atom stereocenters. The molecule has 84 valence electrons. The number of halogens is 1. The SMILES string of the molecule is CCNCCN(C)Cc1ccc(Br)cn1. The highest BCUT2D eigenvalue weighted by Gasteiger charge is 2.00. The third-order valence-corrected chi connectivity index (χ3v) is 2.61. The summed E-state index contributed by atoms with van der Waals surface area (Å²) in [5.41, 5.74) is 1.11. The molecule has 0 bridgehead atoms. The Labute approximate surface area is 100 Å². The number of likely N-dealkylation sites (N-methyl/N-ethyl adjacent to an activating group) is 2. The second-order valence-electron chi connectivity index (χ2n) is 3.56. The van der Waals surface area contributed by atoms with Crippen molar-refractivity contribution >= 4 is 15.9 Å². The molecule has 0 saturated carbocycles. The second kappa shape index (κ2) is 6.93. The van der Waals surface area contributed by atoms with E-state index in [1.165, 1.54) is 0 Å². The summed E-state index contributed by atoms with van der Waals surface area (Å²) < 4.78 is 1.03. The van der Waals surface area contributed by atoms with Crippen molar-refractivity contribution in [1.82, 2.24) is 15.2 Å². The van der Waals surface area contributed by atoms with Crippen LogP contribution in [0.25, 0.3) is 0 Å². The molecule has 0 radical (unpaired) electrons. The Morgan fingerprint density at radius 1 is 1.47 bits per heavy atom. The van der Waals surface area contributed by atoms with Crippen LogP contribution in [0, 0.1) is 0 Å². The quantitative estimate of drug-likeness (QED) is 0.801. The Balaban J connectivity index is 2.31. The average molecular weight is 272 g/mol. The zero-order valence-electron chi connectivity index (χ0n) is 9.33. The lowest BCUT2D eigenvalue weighted by Gasteiger charge is -2.15. The van der Waals surface area contributed by atoms with Crippen LogP contribution in [0.4, 0.5) is 0 Å². The highest BCUT2D eigenvalue weighted by atomic mass is 79.9. The van der Waals surface area contributed by atoms with Crippen molar-refractivity contribution in [2.75, 3.05) is 26.7 Å². The fourth-order valence-electron chi connectivity index (χ4n) is 1.30. The van der Waals surface area contributed by atoms with Crippen LogP contribution in [0.3, 0.4) is 0 Å². The van der Waals surface area contributed by atoms with Crippen LogP contribution in [-0.4, -0.2) is 36.6 Å². The predicted molar refractivity (Wildman–Crippen MR) is 66.8 cm³/mol. The van der Waals surface area contributed by atoms with Gasteiger partial charge in [0.1, 0.15) is 0 Å². The fraction of sp³-hybridized carbons (Fsp3) is 0.545. The number of aromatic nitrogens is 1. The van der Waals surface area contributed by atoms with E-state index in [0.29, 0.717) is 0 Å². The van der Waals surface area contributed by atoms with E-state index in [0.717, 1.165) is 36.3 Å². The molecule has 0 spiro atoms. The van der Waals surface area contributed by atoms with Crippen LogP contribution in [0.5, 0.6) is 0 Å². The van der Waals surface area contributed by atoms with Crippen molar-refractivity contribution in [2.24, 2.45) is 0 Å². The largest absolute Gasteiger partial charge is 0.316 e. The van der Waals surface area contributed by atoms with Gasteiger partial charge in [-0.25, -0.2) is 0 Å². The third-order valence-electron chi connectivity index (χ3n) is 2.14. The Kier molecular flexibility index (Phi) is 5.83. The zero-order chi connectivity index (χ0) is 11.1. The average Bonchev–Trinajstić information content (AvgIpc) is 2.22. The van der Waals surface area contributed by atoms with Crippen LogP contribution < -0.4 is 5.32 Å². The molecule has 1 N–H and O–H groups in total. The van der Waals surface area contributed by atoms with E-state index >= 15 is 0 Å². The minimum absolute atomic E-state index is 0.901. The van der Waals surface area contributed by atoms with E-state index in [4.69, 9.17) is 0 Å². The highest BCUT2D eigenvalue weighted by molar-refractivity contribution is 9.10. The van der Waals surface area contributed by atoms with Gasteiger partial charge in [-0.15, -0.1) is 0 Å². The maximum Gasteiger partial charge on any atom is 0.0544 e. The third kappa shape index (κ3) is 5.25. The first-order valence-electron chi connectivity index (χ1n) is 5.22. The summed E-state index contributed by atoms with van der Waals surface area (Å²) in [6.07, 6.45) is 1.84. The van der Waals surface area contributed by atoms with E-state index in [9.17, 15) is 0 Å². The van der Waals surface area contributed by atoms with E-state index in [1.54, 1.807) is 0 Å². The molecular weight excluding hydrogens is 254 g/mol. The molecule has 0 saturated heterocycles. The first kappa shape index (κ1) is 12.6. The Bertz CT molecular complexity index is 274. The van der Waals surface area contributed by atoms with E-state index in [-0.39, 0.29) is 0 Å². The molecule has 0 amide bonds. The predicted octanol–water partition coefficient (Wildman–Crippen LogP) is 1.89. The van der Waals surface area contributed by atoms with Gasteiger partial charge in [0.05, 0.1) is 5.69 Å². The smallest absolute Gasteiger partial charge is 0.0544 e. The molecule has 1 rings (SSSR count). The first-order valence-corrected chi connectivity index (χ1v) is 6.01. The molecule has 0 fully saturated rings. The summed E-state index contributed by atoms with van der Waals surface area (Å²) >= 11 is 3.38. The van der Waals surface area contributed by atoms with E-state index < -0.39 is 0 Å². The van der Waals surface area contributed by atoms with Gasteiger partial charge >= 0.3 is 0 Å². The minimum Gasteiger partial charge on any atom is -0.316 e. The lowest BCUT2D eigenvalue weighted by molar-refractivity contribution is 0.322. The van der Waals surface area contributed by atoms with Gasteiger partial charge in [0, 0.05) is 30.3 Å². The van der Waals surface area contributed by atoms with Crippen LogP contribution >= 0.6 is 15.9 Å². The summed E-state index contributed by atoms with van der Waals surface area (Å²) in [4.78, 5) is 6.60. The van der Waals surface area contributed by atoms with Gasteiger partial charge in [-0.3, -0.25) is 9.88 Å². The zero-order valence-corrected chi connectivity index (χ0v) is 10.9. The van der Waals surface area contributed by atoms with Crippen LogP contribution in [0.15, 0.2) is 22.8 Å². The Hall–Kier alpha value is -0.450. The van der Waals surface area contributed by atoms with Gasteiger partial charge in [0.2, 0.25) is 0 Å². The van der Waals surface area contributed by atoms with Crippen molar-refractivity contribution < 1.29 is 0 Å². The number of hydrogen-bond donors (Lipinski definition) is 1. The monoisotopic (exact) mass is 271 g/mol. The van der Waals surface area contributed by atoms with E-state index in [1.807, 2.05) is 18.3 Å². The maximum absolute atomic E-state index is 4.34. The first-order chi connectivity index (χ1) is 7.22. The molecule has 0 atom stereocenters. The Morgan fingerprint density at radius 2 is 2.27 bits per heavy atom. The molecule has 15 heavy (non-hydrogen) atoms. The molecule has 3 nitrogen and oxygen atoms in total. The molecule has 1 heterocycles. The number of rotatable bonds is 6. The summed E-state index contributed by atoms with van der Waals surface area (Å²) in [6.45, 7) is 6.13. The van der Waals surface area contributed by atoms with Crippen LogP contribution in [0.2, 0.25) is 0 Å². The van der Waals surface area contributed by atoms with Gasteiger partial charge in [-0.1, -0.05) is 6.92 Å². The van der Waals surface area contributed by atoms with Gasteiger partial charge in [0.15, 0.2) is 0 Å². The van der Waals surface area contributed by atoms with Crippen molar-refractivity contribution in [3.8, 4) is 0 Å². The molecular formula is C11H18BrN3. The summed E-state index contributed by atoms with van der Waals surface area (Å²) in [7, 11) is 2.11. The number of hydrogen-bond acceptors (Lipinski definition) is 3. The minimum atomic E-state index is 0.901. The van der Waals surface area contributed by atoms with Crippen molar-refractivity contribution in [2.45, 2.75) is 13.5 Å². The van der Waals surface area contributed by atoms with Crippen LogP contribution in [-0.2, 0) is 6.54 Å². The number of nitrogens with one attached hydrogen (secondary N) is 1. The summed E-state index contributed by atoms with van der Waals surface area (Å²) in [6, 6.07) is 4.08. The molecule has 4 heteroatoms. The lowest BCUT2D eigenvalue weighted by atomic mass is 10.3. The van der Waals surface area contributed by atoms with Gasteiger partial charge in [0.25, 0.3) is 0 Å². The Morgan fingerprint density at radius 3 is 2.87 bits per heavy atom. The molecule has 1 aromatic heterocycles. The molecule has 0 aromatic carbocycles. The highest BCUT2D eigenvalue weighted by Crippen LogP contribution is 2.08. The standard InChI is InChI=1S/C11H18BrN3/c1-3-13-6-7-15(2)9-11-5-4-10(12)8-14-11/h4-5,8,13H,3,6-7,9H2,1-2H3. The van der Waals surface area contributed by atoms with E-state index in [2.05, 4.69) is 45.1 Å². The second-order valence-corrected chi connectivity index (χ2v) is 4.47.